The van der Waals surface area contributed by atoms with E-state index in [4.69, 9.17) is 0 Å². The van der Waals surface area contributed by atoms with E-state index in [2.05, 4.69) is 112 Å². The first-order chi connectivity index (χ1) is 24.7. The molecule has 2 heterocycles. The third-order valence-electron chi connectivity index (χ3n) is 9.62. The van der Waals surface area contributed by atoms with Crippen molar-refractivity contribution >= 4 is 43.6 Å². The van der Waals surface area contributed by atoms with Crippen LogP contribution < -0.4 is 0 Å². The molecule has 0 bridgehead atoms. The van der Waals surface area contributed by atoms with Gasteiger partial charge in [-0.1, -0.05) is 84.9 Å². The molecular formula is C45H25N5. The second-order valence-corrected chi connectivity index (χ2v) is 12.3. The largest absolute Gasteiger partial charge is 0.309 e. The highest BCUT2D eigenvalue weighted by molar-refractivity contribution is 6.11. The zero-order valence-electron chi connectivity index (χ0n) is 26.7. The van der Waals surface area contributed by atoms with Gasteiger partial charge in [0.05, 0.1) is 62.7 Å². The monoisotopic (exact) mass is 635 g/mol. The Kier molecular flexibility index (Phi) is 6.56. The van der Waals surface area contributed by atoms with Crippen molar-refractivity contribution in [2.45, 2.75) is 0 Å². The fourth-order valence-electron chi connectivity index (χ4n) is 7.50. The topological polar surface area (TPSA) is 81.2 Å². The van der Waals surface area contributed by atoms with E-state index in [1.807, 2.05) is 66.7 Å². The van der Waals surface area contributed by atoms with Gasteiger partial charge in [0.15, 0.2) is 0 Å². The number of rotatable bonds is 4. The van der Waals surface area contributed by atoms with Gasteiger partial charge in [0.25, 0.3) is 0 Å². The van der Waals surface area contributed by atoms with Gasteiger partial charge in [-0.15, -0.1) is 0 Å². The van der Waals surface area contributed by atoms with Gasteiger partial charge in [-0.25, -0.2) is 0 Å². The average Bonchev–Trinajstić information content (AvgIpc) is 3.70. The molecule has 0 aliphatic rings. The van der Waals surface area contributed by atoms with Crippen LogP contribution in [0, 0.1) is 34.0 Å². The van der Waals surface area contributed by atoms with Crippen LogP contribution in [0.25, 0.3) is 77.2 Å². The summed E-state index contributed by atoms with van der Waals surface area (Å²) in [5, 5.41) is 34.6. The normalized spacial score (nSPS) is 11.1. The molecule has 0 atom stereocenters. The van der Waals surface area contributed by atoms with Crippen molar-refractivity contribution in [2.75, 3.05) is 0 Å². The molecule has 7 aromatic carbocycles. The summed E-state index contributed by atoms with van der Waals surface area (Å²) in [5.41, 5.74) is 11.1. The van der Waals surface area contributed by atoms with E-state index in [1.54, 1.807) is 0 Å². The lowest BCUT2D eigenvalue weighted by molar-refractivity contribution is 1.18. The Hall–Kier alpha value is -7.39. The molecule has 230 valence electrons. The molecule has 9 rings (SSSR count). The van der Waals surface area contributed by atoms with Crippen LogP contribution in [0.1, 0.15) is 16.7 Å². The molecule has 2 aromatic heterocycles. The van der Waals surface area contributed by atoms with E-state index in [-0.39, 0.29) is 0 Å². The molecule has 0 aliphatic heterocycles. The number of fused-ring (bicyclic) bond motifs is 6. The molecule has 0 unspecified atom stereocenters. The molecule has 5 nitrogen and oxygen atoms in total. The summed E-state index contributed by atoms with van der Waals surface area (Å²) < 4.78 is 4.45. The molecule has 0 radical (unpaired) electrons. The lowest BCUT2D eigenvalue weighted by Crippen LogP contribution is -2.00. The fourth-order valence-corrected chi connectivity index (χ4v) is 7.50. The van der Waals surface area contributed by atoms with Gasteiger partial charge in [0.2, 0.25) is 0 Å². The Balaban J connectivity index is 1.32. The highest BCUT2D eigenvalue weighted by atomic mass is 15.0. The summed E-state index contributed by atoms with van der Waals surface area (Å²) in [6.45, 7) is 0. The predicted molar refractivity (Wildman–Crippen MR) is 200 cm³/mol. The molecule has 0 saturated heterocycles. The van der Waals surface area contributed by atoms with Crippen molar-refractivity contribution in [1.29, 1.82) is 15.8 Å². The standard InChI is InChI=1S/C45H25N5/c46-26-29-20-22-43-39(23-29)36-14-3-6-18-42(36)50(43)44-24-30(27-47)19-21-37(44)38-15-8-10-32(28-48)45(38)31-9-7-11-33(25-31)49-40-16-4-1-12-34(40)35-13-2-5-17-41(35)49/h1-25H. The van der Waals surface area contributed by atoms with Crippen LogP contribution in [0.5, 0.6) is 0 Å². The zero-order chi connectivity index (χ0) is 33.8. The Morgan fingerprint density at radius 2 is 0.980 bits per heavy atom. The lowest BCUT2D eigenvalue weighted by atomic mass is 9.89. The Bertz CT molecular complexity index is 2920. The van der Waals surface area contributed by atoms with Crippen LogP contribution in [0.4, 0.5) is 0 Å². The van der Waals surface area contributed by atoms with Crippen LogP contribution in [0.15, 0.2) is 152 Å². The first-order valence-corrected chi connectivity index (χ1v) is 16.3. The van der Waals surface area contributed by atoms with Gasteiger partial charge in [-0.05, 0) is 77.9 Å². The van der Waals surface area contributed by atoms with Gasteiger partial charge < -0.3 is 9.13 Å². The van der Waals surface area contributed by atoms with E-state index >= 15 is 0 Å². The lowest BCUT2D eigenvalue weighted by Gasteiger charge is -2.19. The number of aromatic nitrogens is 2. The maximum atomic E-state index is 10.5. The maximum absolute atomic E-state index is 10.5. The fraction of sp³-hybridized carbons (Fsp3) is 0. The van der Waals surface area contributed by atoms with Crippen LogP contribution >= 0.6 is 0 Å². The van der Waals surface area contributed by atoms with Crippen molar-refractivity contribution < 1.29 is 0 Å². The summed E-state index contributed by atoms with van der Waals surface area (Å²) in [6.07, 6.45) is 0. The third-order valence-corrected chi connectivity index (χ3v) is 9.62. The maximum Gasteiger partial charge on any atom is 0.0998 e. The molecule has 50 heavy (non-hydrogen) atoms. The van der Waals surface area contributed by atoms with Gasteiger partial charge in [0.1, 0.15) is 0 Å². The van der Waals surface area contributed by atoms with Gasteiger partial charge in [-0.3, -0.25) is 0 Å². The molecule has 0 spiro atoms. The molecular weight excluding hydrogens is 611 g/mol. The first kappa shape index (κ1) is 28.8. The number of hydrogen-bond acceptors (Lipinski definition) is 3. The number of nitriles is 3. The summed E-state index contributed by atoms with van der Waals surface area (Å²) in [5.74, 6) is 0. The van der Waals surface area contributed by atoms with E-state index in [1.165, 1.54) is 10.8 Å². The molecule has 0 saturated carbocycles. The summed E-state index contributed by atoms with van der Waals surface area (Å²) in [6, 6.07) is 57.7. The highest BCUT2D eigenvalue weighted by Gasteiger charge is 2.21. The van der Waals surface area contributed by atoms with E-state index in [9.17, 15) is 15.8 Å². The zero-order valence-corrected chi connectivity index (χ0v) is 26.7. The molecule has 0 fully saturated rings. The number of para-hydroxylation sites is 3. The molecule has 0 aliphatic carbocycles. The summed E-state index contributed by atoms with van der Waals surface area (Å²) in [7, 11) is 0. The van der Waals surface area contributed by atoms with Crippen molar-refractivity contribution in [3.8, 4) is 51.8 Å². The second kappa shape index (κ2) is 11.4. The minimum absolute atomic E-state index is 0.523. The van der Waals surface area contributed by atoms with Crippen molar-refractivity contribution in [2.24, 2.45) is 0 Å². The summed E-state index contributed by atoms with van der Waals surface area (Å²) >= 11 is 0. The Morgan fingerprint density at radius 3 is 1.66 bits per heavy atom. The van der Waals surface area contributed by atoms with Crippen molar-refractivity contribution in [3.05, 3.63) is 168 Å². The van der Waals surface area contributed by atoms with E-state index in [0.717, 1.165) is 66.5 Å². The second-order valence-electron chi connectivity index (χ2n) is 12.3. The predicted octanol–water partition coefficient (Wildman–Crippen LogP) is 10.8. The molecule has 0 N–H and O–H groups in total. The minimum Gasteiger partial charge on any atom is -0.309 e. The minimum atomic E-state index is 0.523. The van der Waals surface area contributed by atoms with E-state index < -0.39 is 0 Å². The van der Waals surface area contributed by atoms with Crippen LogP contribution in [0.2, 0.25) is 0 Å². The average molecular weight is 636 g/mol. The van der Waals surface area contributed by atoms with Crippen molar-refractivity contribution in [3.63, 3.8) is 0 Å². The van der Waals surface area contributed by atoms with Crippen molar-refractivity contribution in [1.82, 2.24) is 9.13 Å². The quantitative estimate of drug-likeness (QED) is 0.193. The third kappa shape index (κ3) is 4.31. The van der Waals surface area contributed by atoms with Crippen LogP contribution in [-0.4, -0.2) is 9.13 Å². The number of benzene rings is 7. The van der Waals surface area contributed by atoms with Gasteiger partial charge >= 0.3 is 0 Å². The van der Waals surface area contributed by atoms with E-state index in [0.29, 0.717) is 16.7 Å². The van der Waals surface area contributed by atoms with Gasteiger partial charge in [0, 0.05) is 38.4 Å². The van der Waals surface area contributed by atoms with Crippen LogP contribution in [-0.2, 0) is 0 Å². The molecule has 0 amide bonds. The number of hydrogen-bond donors (Lipinski definition) is 0. The molecule has 5 heteroatoms. The number of nitrogens with zero attached hydrogens (tertiary/aromatic N) is 5. The Morgan fingerprint density at radius 1 is 0.400 bits per heavy atom. The summed E-state index contributed by atoms with van der Waals surface area (Å²) in [4.78, 5) is 0. The SMILES string of the molecule is N#Cc1ccc(-c2cccc(C#N)c2-c2cccc(-n3c4ccccc4c4ccccc43)c2)c(-n2c3ccccc3c3cc(C#N)ccc32)c1. The Labute approximate surface area is 287 Å². The first-order valence-electron chi connectivity index (χ1n) is 16.3. The molecule has 9 aromatic rings. The smallest absolute Gasteiger partial charge is 0.0998 e. The van der Waals surface area contributed by atoms with Crippen LogP contribution in [0.3, 0.4) is 0 Å². The highest BCUT2D eigenvalue weighted by Crippen LogP contribution is 2.42. The van der Waals surface area contributed by atoms with Gasteiger partial charge in [-0.2, -0.15) is 15.8 Å².